The molecule has 20 heavy (non-hydrogen) atoms. The lowest BCUT2D eigenvalue weighted by molar-refractivity contribution is 0.266. The topological polar surface area (TPSA) is 76.7 Å². The van der Waals surface area contributed by atoms with E-state index >= 15 is 0 Å². The number of aryl methyl sites for hydroxylation is 2. The fraction of sp³-hybridized carbons (Fsp3) is 0.538. The van der Waals surface area contributed by atoms with Crippen molar-refractivity contribution in [1.82, 2.24) is 24.7 Å². The molecule has 1 aliphatic carbocycles. The van der Waals surface area contributed by atoms with Crippen LogP contribution in [0, 0.1) is 6.92 Å². The molecule has 0 unspecified atom stereocenters. The van der Waals surface area contributed by atoms with Gasteiger partial charge in [-0.05, 0) is 44.4 Å². The van der Waals surface area contributed by atoms with Crippen LogP contribution in [0.4, 0.5) is 0 Å². The molecule has 0 fully saturated rings. The summed E-state index contributed by atoms with van der Waals surface area (Å²) in [5, 5.41) is 19.0. The second-order valence-corrected chi connectivity index (χ2v) is 5.88. The average molecular weight is 291 g/mol. The Labute approximate surface area is 121 Å². The van der Waals surface area contributed by atoms with Crippen LogP contribution in [0.1, 0.15) is 35.7 Å². The highest BCUT2D eigenvalue weighted by atomic mass is 32.2. The first-order valence-electron chi connectivity index (χ1n) is 6.72. The van der Waals surface area contributed by atoms with E-state index in [4.69, 9.17) is 0 Å². The summed E-state index contributed by atoms with van der Waals surface area (Å²) in [6.07, 6.45) is 4.45. The third kappa shape index (κ3) is 2.43. The molecule has 2 heterocycles. The van der Waals surface area contributed by atoms with Gasteiger partial charge in [0.25, 0.3) is 0 Å². The molecule has 0 bridgehead atoms. The average Bonchev–Trinajstić information content (AvgIpc) is 2.79. The Kier molecular flexibility index (Phi) is 3.71. The summed E-state index contributed by atoms with van der Waals surface area (Å²) in [5.41, 5.74) is 2.43. The molecule has 1 aliphatic rings. The zero-order valence-electron chi connectivity index (χ0n) is 11.6. The number of aromatic nitrogens is 5. The first-order chi connectivity index (χ1) is 9.69. The Morgan fingerprint density at radius 2 is 2.00 bits per heavy atom. The van der Waals surface area contributed by atoms with E-state index in [1.165, 1.54) is 35.9 Å². The van der Waals surface area contributed by atoms with Gasteiger partial charge in [-0.25, -0.2) is 9.97 Å². The molecule has 0 radical (unpaired) electrons. The number of fused-ring (bicyclic) bond motifs is 1. The number of rotatable bonds is 3. The third-order valence-electron chi connectivity index (χ3n) is 3.51. The van der Waals surface area contributed by atoms with Gasteiger partial charge in [0.05, 0.1) is 0 Å². The third-order valence-corrected chi connectivity index (χ3v) is 4.58. The van der Waals surface area contributed by atoms with Gasteiger partial charge < -0.3 is 9.67 Å². The van der Waals surface area contributed by atoms with Gasteiger partial charge in [0.15, 0.2) is 11.0 Å². The van der Waals surface area contributed by atoms with E-state index < -0.39 is 0 Å². The van der Waals surface area contributed by atoms with E-state index in [0.29, 0.717) is 5.82 Å². The van der Waals surface area contributed by atoms with Crippen molar-refractivity contribution in [1.29, 1.82) is 0 Å². The predicted molar refractivity (Wildman–Crippen MR) is 74.5 cm³/mol. The van der Waals surface area contributed by atoms with Gasteiger partial charge in [-0.1, -0.05) is 0 Å². The van der Waals surface area contributed by atoms with Crippen molar-refractivity contribution < 1.29 is 5.11 Å². The molecule has 0 aromatic carbocycles. The Balaban J connectivity index is 1.97. The van der Waals surface area contributed by atoms with Gasteiger partial charge in [0, 0.05) is 18.3 Å². The summed E-state index contributed by atoms with van der Waals surface area (Å²) in [5.74, 6) is 1.37. The van der Waals surface area contributed by atoms with Crippen molar-refractivity contribution in [2.45, 2.75) is 49.4 Å². The van der Waals surface area contributed by atoms with Crippen LogP contribution in [-0.2, 0) is 26.5 Å². The SMILES string of the molecule is Cc1nc2c(c(Sc3nnc(CO)n3C)n1)CCCC2. The molecule has 0 spiro atoms. The van der Waals surface area contributed by atoms with Crippen LogP contribution in [0.25, 0.3) is 0 Å². The molecular formula is C13H17N5OS. The van der Waals surface area contributed by atoms with Gasteiger partial charge in [-0.15, -0.1) is 10.2 Å². The van der Waals surface area contributed by atoms with Crippen molar-refractivity contribution in [3.63, 3.8) is 0 Å². The highest BCUT2D eigenvalue weighted by Crippen LogP contribution is 2.32. The monoisotopic (exact) mass is 291 g/mol. The largest absolute Gasteiger partial charge is 0.388 e. The molecule has 7 heteroatoms. The lowest BCUT2D eigenvalue weighted by Gasteiger charge is -2.17. The second kappa shape index (κ2) is 5.49. The number of aliphatic hydroxyl groups is 1. The van der Waals surface area contributed by atoms with E-state index in [1.54, 1.807) is 4.57 Å². The molecule has 2 aromatic rings. The summed E-state index contributed by atoms with van der Waals surface area (Å²) in [6, 6.07) is 0. The minimum Gasteiger partial charge on any atom is -0.388 e. The number of aliphatic hydroxyl groups excluding tert-OH is 1. The van der Waals surface area contributed by atoms with E-state index in [-0.39, 0.29) is 6.61 Å². The second-order valence-electron chi connectivity index (χ2n) is 4.93. The first kappa shape index (κ1) is 13.5. The summed E-state index contributed by atoms with van der Waals surface area (Å²) >= 11 is 1.51. The molecule has 0 saturated heterocycles. The number of hydrogen-bond acceptors (Lipinski definition) is 6. The molecule has 1 N–H and O–H groups in total. The highest BCUT2D eigenvalue weighted by molar-refractivity contribution is 7.99. The minimum absolute atomic E-state index is 0.106. The van der Waals surface area contributed by atoms with Crippen LogP contribution in [0.5, 0.6) is 0 Å². The molecule has 0 aliphatic heterocycles. The zero-order valence-corrected chi connectivity index (χ0v) is 12.4. The maximum absolute atomic E-state index is 9.18. The smallest absolute Gasteiger partial charge is 0.197 e. The molecular weight excluding hydrogens is 274 g/mol. The summed E-state index contributed by atoms with van der Waals surface area (Å²) < 4.78 is 1.80. The predicted octanol–water partition coefficient (Wildman–Crippen LogP) is 1.44. The van der Waals surface area contributed by atoms with Crippen molar-refractivity contribution >= 4 is 11.8 Å². The Morgan fingerprint density at radius 3 is 2.75 bits per heavy atom. The summed E-state index contributed by atoms with van der Waals surface area (Å²) in [6.45, 7) is 1.82. The van der Waals surface area contributed by atoms with Crippen LogP contribution >= 0.6 is 11.8 Å². The Bertz CT molecular complexity index is 640. The van der Waals surface area contributed by atoms with Gasteiger partial charge in [-0.2, -0.15) is 0 Å². The van der Waals surface area contributed by atoms with Crippen LogP contribution in [0.3, 0.4) is 0 Å². The summed E-state index contributed by atoms with van der Waals surface area (Å²) in [7, 11) is 1.86. The lowest BCUT2D eigenvalue weighted by Crippen LogP contribution is -2.10. The first-order valence-corrected chi connectivity index (χ1v) is 7.54. The maximum Gasteiger partial charge on any atom is 0.197 e. The fourth-order valence-corrected chi connectivity index (χ4v) is 3.44. The van der Waals surface area contributed by atoms with Crippen molar-refractivity contribution in [2.24, 2.45) is 7.05 Å². The normalized spacial score (nSPS) is 14.3. The molecule has 0 saturated carbocycles. The zero-order chi connectivity index (χ0) is 14.1. The Hall–Kier alpha value is -1.47. The van der Waals surface area contributed by atoms with Crippen LogP contribution < -0.4 is 0 Å². The van der Waals surface area contributed by atoms with Crippen molar-refractivity contribution in [2.75, 3.05) is 0 Å². The van der Waals surface area contributed by atoms with Crippen molar-refractivity contribution in [3.05, 3.63) is 22.9 Å². The highest BCUT2D eigenvalue weighted by Gasteiger charge is 2.19. The van der Waals surface area contributed by atoms with E-state index in [2.05, 4.69) is 20.2 Å². The molecule has 6 nitrogen and oxygen atoms in total. The van der Waals surface area contributed by atoms with Gasteiger partial charge in [0.1, 0.15) is 17.5 Å². The molecule has 0 atom stereocenters. The van der Waals surface area contributed by atoms with Crippen LogP contribution in [-0.4, -0.2) is 29.8 Å². The number of hydrogen-bond donors (Lipinski definition) is 1. The Morgan fingerprint density at radius 1 is 1.20 bits per heavy atom. The molecule has 3 rings (SSSR count). The van der Waals surface area contributed by atoms with Gasteiger partial charge in [-0.3, -0.25) is 0 Å². The summed E-state index contributed by atoms with van der Waals surface area (Å²) in [4.78, 5) is 9.12. The van der Waals surface area contributed by atoms with Crippen molar-refractivity contribution in [3.8, 4) is 0 Å². The van der Waals surface area contributed by atoms with Crippen LogP contribution in [0.15, 0.2) is 10.2 Å². The minimum atomic E-state index is -0.106. The fourth-order valence-electron chi connectivity index (χ4n) is 2.42. The quantitative estimate of drug-likeness (QED) is 0.862. The molecule has 106 valence electrons. The number of nitrogens with zero attached hydrogens (tertiary/aromatic N) is 5. The van der Waals surface area contributed by atoms with Gasteiger partial charge >= 0.3 is 0 Å². The van der Waals surface area contributed by atoms with Crippen LogP contribution in [0.2, 0.25) is 0 Å². The molecule has 0 amide bonds. The van der Waals surface area contributed by atoms with E-state index in [0.717, 1.165) is 28.8 Å². The van der Waals surface area contributed by atoms with Gasteiger partial charge in [0.2, 0.25) is 0 Å². The maximum atomic E-state index is 9.18. The molecule has 2 aromatic heterocycles. The standard InChI is InChI=1S/C13H17N5OS/c1-8-14-10-6-4-3-5-9(10)12(15-8)20-13-17-16-11(7-19)18(13)2/h19H,3-7H2,1-2H3. The van der Waals surface area contributed by atoms with E-state index in [1.807, 2.05) is 14.0 Å². The van der Waals surface area contributed by atoms with E-state index in [9.17, 15) is 5.11 Å². The lowest BCUT2D eigenvalue weighted by atomic mass is 9.97.